The van der Waals surface area contributed by atoms with Gasteiger partial charge in [-0.05, 0) is 24.5 Å². The lowest BCUT2D eigenvalue weighted by atomic mass is 10.0. The standard InChI is InChI=1S/C18H26N2O3.ClH/c1-12(2)16(19)7-8-20(3)18(21)9-13-11-23-17-10-14(22-4)5-6-15(13)17;/h5-6,10-12,16H,7-9,19H2,1-4H3;1H. The van der Waals surface area contributed by atoms with Gasteiger partial charge in [0.1, 0.15) is 11.3 Å². The molecule has 6 heteroatoms. The summed E-state index contributed by atoms with van der Waals surface area (Å²) in [6.07, 6.45) is 2.78. The summed E-state index contributed by atoms with van der Waals surface area (Å²) in [4.78, 5) is 14.1. The molecule has 134 valence electrons. The molecule has 1 aromatic carbocycles. The molecule has 0 aliphatic carbocycles. The SMILES string of the molecule is COc1ccc2c(CC(=O)N(C)CCC(N)C(C)C)coc2c1.Cl. The molecule has 1 amide bonds. The molecule has 1 aromatic heterocycles. The third kappa shape index (κ3) is 4.89. The lowest BCUT2D eigenvalue weighted by Gasteiger charge is -2.21. The molecular formula is C18H27ClN2O3. The van der Waals surface area contributed by atoms with Crippen LogP contribution in [-0.2, 0) is 11.2 Å². The van der Waals surface area contributed by atoms with E-state index in [0.29, 0.717) is 18.9 Å². The van der Waals surface area contributed by atoms with Gasteiger partial charge in [-0.1, -0.05) is 13.8 Å². The van der Waals surface area contributed by atoms with Gasteiger partial charge in [0.05, 0.1) is 19.8 Å². The summed E-state index contributed by atoms with van der Waals surface area (Å²) in [7, 11) is 3.44. The Kier molecular flexibility index (Phi) is 7.58. The molecule has 0 bridgehead atoms. The van der Waals surface area contributed by atoms with Crippen LogP contribution in [-0.4, -0.2) is 37.6 Å². The highest BCUT2D eigenvalue weighted by atomic mass is 35.5. The van der Waals surface area contributed by atoms with Crippen molar-refractivity contribution in [1.82, 2.24) is 4.90 Å². The Balaban J connectivity index is 0.00000288. The molecule has 5 nitrogen and oxygen atoms in total. The molecule has 0 fully saturated rings. The van der Waals surface area contributed by atoms with Gasteiger partial charge in [-0.15, -0.1) is 12.4 Å². The van der Waals surface area contributed by atoms with E-state index < -0.39 is 0 Å². The van der Waals surface area contributed by atoms with Crippen LogP contribution in [0.15, 0.2) is 28.9 Å². The van der Waals surface area contributed by atoms with E-state index in [9.17, 15) is 4.79 Å². The fourth-order valence-corrected chi connectivity index (χ4v) is 2.43. The molecular weight excluding hydrogens is 328 g/mol. The van der Waals surface area contributed by atoms with Crippen molar-refractivity contribution in [1.29, 1.82) is 0 Å². The number of nitrogens with zero attached hydrogens (tertiary/aromatic N) is 1. The highest BCUT2D eigenvalue weighted by molar-refractivity contribution is 5.88. The number of fused-ring (bicyclic) bond motifs is 1. The number of carbonyl (C=O) groups excluding carboxylic acids is 1. The number of ether oxygens (including phenoxy) is 1. The molecule has 0 aliphatic heterocycles. The van der Waals surface area contributed by atoms with Crippen LogP contribution in [0, 0.1) is 5.92 Å². The number of likely N-dealkylation sites (N-methyl/N-ethyl adjacent to an activating group) is 1. The second kappa shape index (κ2) is 8.94. The van der Waals surface area contributed by atoms with E-state index in [0.717, 1.165) is 28.7 Å². The summed E-state index contributed by atoms with van der Waals surface area (Å²) in [6, 6.07) is 5.74. The van der Waals surface area contributed by atoms with Gasteiger partial charge in [-0.3, -0.25) is 4.79 Å². The largest absolute Gasteiger partial charge is 0.497 e. The Morgan fingerprint density at radius 3 is 2.71 bits per heavy atom. The summed E-state index contributed by atoms with van der Waals surface area (Å²) < 4.78 is 10.7. The summed E-state index contributed by atoms with van der Waals surface area (Å²) in [5, 5.41) is 0.950. The fourth-order valence-electron chi connectivity index (χ4n) is 2.43. The van der Waals surface area contributed by atoms with Crippen molar-refractivity contribution in [2.45, 2.75) is 32.7 Å². The van der Waals surface area contributed by atoms with E-state index >= 15 is 0 Å². The summed E-state index contributed by atoms with van der Waals surface area (Å²) in [5.74, 6) is 1.23. The lowest BCUT2D eigenvalue weighted by molar-refractivity contribution is -0.129. The minimum absolute atomic E-state index is 0. The zero-order chi connectivity index (χ0) is 17.0. The highest BCUT2D eigenvalue weighted by Gasteiger charge is 2.16. The number of hydrogen-bond acceptors (Lipinski definition) is 4. The quantitative estimate of drug-likeness (QED) is 0.828. The Hall–Kier alpha value is -1.72. The van der Waals surface area contributed by atoms with Crippen LogP contribution in [0.4, 0.5) is 0 Å². The van der Waals surface area contributed by atoms with E-state index in [-0.39, 0.29) is 24.4 Å². The Labute approximate surface area is 149 Å². The number of hydrogen-bond donors (Lipinski definition) is 1. The van der Waals surface area contributed by atoms with Gasteiger partial charge in [0, 0.05) is 36.7 Å². The smallest absolute Gasteiger partial charge is 0.226 e. The fraction of sp³-hybridized carbons (Fsp3) is 0.500. The van der Waals surface area contributed by atoms with Crippen LogP contribution in [0.25, 0.3) is 11.0 Å². The van der Waals surface area contributed by atoms with Crippen molar-refractivity contribution in [3.63, 3.8) is 0 Å². The Bertz CT molecular complexity index is 669. The first-order valence-electron chi connectivity index (χ1n) is 7.96. The maximum Gasteiger partial charge on any atom is 0.226 e. The van der Waals surface area contributed by atoms with Gasteiger partial charge in [-0.2, -0.15) is 0 Å². The maximum atomic E-state index is 12.4. The number of furan rings is 1. The minimum Gasteiger partial charge on any atom is -0.497 e. The van der Waals surface area contributed by atoms with E-state index in [2.05, 4.69) is 13.8 Å². The number of rotatable bonds is 7. The molecule has 0 saturated heterocycles. The number of benzene rings is 1. The first kappa shape index (κ1) is 20.3. The minimum atomic E-state index is 0. The predicted molar refractivity (Wildman–Crippen MR) is 98.8 cm³/mol. The second-order valence-corrected chi connectivity index (χ2v) is 6.31. The molecule has 2 aromatic rings. The predicted octanol–water partition coefficient (Wildman–Crippen LogP) is 3.24. The molecule has 0 radical (unpaired) electrons. The van der Waals surface area contributed by atoms with Crippen molar-refractivity contribution in [2.24, 2.45) is 11.7 Å². The van der Waals surface area contributed by atoms with E-state index in [1.165, 1.54) is 0 Å². The van der Waals surface area contributed by atoms with Crippen LogP contribution in [0.2, 0.25) is 0 Å². The number of nitrogens with two attached hydrogens (primary N) is 1. The second-order valence-electron chi connectivity index (χ2n) is 6.31. The van der Waals surface area contributed by atoms with Gasteiger partial charge in [0.25, 0.3) is 0 Å². The molecule has 0 aliphatic rings. The average molecular weight is 355 g/mol. The number of halogens is 1. The Morgan fingerprint density at radius 2 is 2.08 bits per heavy atom. The summed E-state index contributed by atoms with van der Waals surface area (Å²) in [6.45, 7) is 4.86. The van der Waals surface area contributed by atoms with Crippen LogP contribution in [0.3, 0.4) is 0 Å². The van der Waals surface area contributed by atoms with Crippen molar-refractivity contribution in [3.05, 3.63) is 30.0 Å². The van der Waals surface area contributed by atoms with E-state index in [1.807, 2.05) is 25.2 Å². The van der Waals surface area contributed by atoms with Gasteiger partial charge < -0.3 is 19.8 Å². The van der Waals surface area contributed by atoms with E-state index in [4.69, 9.17) is 14.9 Å². The van der Waals surface area contributed by atoms with Crippen molar-refractivity contribution < 1.29 is 13.9 Å². The Morgan fingerprint density at radius 1 is 1.38 bits per heavy atom. The topological polar surface area (TPSA) is 68.7 Å². The third-order valence-corrected chi connectivity index (χ3v) is 4.28. The molecule has 0 spiro atoms. The average Bonchev–Trinajstić information content (AvgIpc) is 2.93. The van der Waals surface area contributed by atoms with Gasteiger partial charge in [0.15, 0.2) is 0 Å². The summed E-state index contributed by atoms with van der Waals surface area (Å²) in [5.41, 5.74) is 7.67. The normalized spacial score (nSPS) is 12.1. The van der Waals surface area contributed by atoms with Crippen molar-refractivity contribution >= 4 is 29.3 Å². The molecule has 1 unspecified atom stereocenters. The monoisotopic (exact) mass is 354 g/mol. The molecule has 1 atom stereocenters. The van der Waals surface area contributed by atoms with Gasteiger partial charge >= 0.3 is 0 Å². The lowest BCUT2D eigenvalue weighted by Crippen LogP contribution is -2.35. The zero-order valence-electron chi connectivity index (χ0n) is 14.7. The highest BCUT2D eigenvalue weighted by Crippen LogP contribution is 2.26. The summed E-state index contributed by atoms with van der Waals surface area (Å²) >= 11 is 0. The molecule has 2 rings (SSSR count). The van der Waals surface area contributed by atoms with Crippen molar-refractivity contribution in [2.75, 3.05) is 20.7 Å². The molecule has 0 saturated carbocycles. The number of carbonyl (C=O) groups is 1. The van der Waals surface area contributed by atoms with Crippen molar-refractivity contribution in [3.8, 4) is 5.75 Å². The number of amides is 1. The zero-order valence-corrected chi connectivity index (χ0v) is 15.6. The molecule has 1 heterocycles. The van der Waals surface area contributed by atoms with Crippen LogP contribution in [0.5, 0.6) is 5.75 Å². The van der Waals surface area contributed by atoms with E-state index in [1.54, 1.807) is 18.3 Å². The van der Waals surface area contributed by atoms with Gasteiger partial charge in [0.2, 0.25) is 5.91 Å². The first-order chi connectivity index (χ1) is 10.9. The van der Waals surface area contributed by atoms with Gasteiger partial charge in [-0.25, -0.2) is 0 Å². The maximum absolute atomic E-state index is 12.4. The molecule has 24 heavy (non-hydrogen) atoms. The van der Waals surface area contributed by atoms with Crippen LogP contribution >= 0.6 is 12.4 Å². The van der Waals surface area contributed by atoms with Crippen LogP contribution < -0.4 is 10.5 Å². The van der Waals surface area contributed by atoms with Crippen LogP contribution in [0.1, 0.15) is 25.8 Å². The molecule has 2 N–H and O–H groups in total. The first-order valence-corrected chi connectivity index (χ1v) is 7.96. The third-order valence-electron chi connectivity index (χ3n) is 4.28. The number of methoxy groups -OCH3 is 1.